The van der Waals surface area contributed by atoms with E-state index in [1.165, 1.54) is 0 Å². The standard InChI is InChI=1S/C24H26N2O6/c1-15(12-21(27)28)25-22(29)24(10-11-31-14-24)26-23(30)32-13-20-18-8-4-2-6-16(18)17-7-3-5-9-19(17)20/h2-9,15,20H,10-14H2,1H3,(H,25,29)(H,26,30)(H,27,28)/t15-,24?/m1/s1. The van der Waals surface area contributed by atoms with Gasteiger partial charge in [0.1, 0.15) is 12.1 Å². The second-order valence-electron chi connectivity index (χ2n) is 8.31. The number of fused-ring (bicyclic) bond motifs is 3. The molecule has 2 aliphatic rings. The van der Waals surface area contributed by atoms with Crippen LogP contribution in [0.1, 0.15) is 36.8 Å². The zero-order valence-corrected chi connectivity index (χ0v) is 17.8. The van der Waals surface area contributed by atoms with Gasteiger partial charge in [-0.25, -0.2) is 4.79 Å². The van der Waals surface area contributed by atoms with Gasteiger partial charge in [0.2, 0.25) is 5.91 Å². The molecule has 0 aromatic heterocycles. The summed E-state index contributed by atoms with van der Waals surface area (Å²) in [6.45, 7) is 2.05. The molecule has 168 valence electrons. The number of aliphatic carboxylic acids is 1. The summed E-state index contributed by atoms with van der Waals surface area (Å²) in [7, 11) is 0. The molecule has 4 rings (SSSR count). The molecule has 2 atom stereocenters. The van der Waals surface area contributed by atoms with Gasteiger partial charge in [-0.05, 0) is 29.2 Å². The third-order valence-corrected chi connectivity index (χ3v) is 6.00. The fraction of sp³-hybridized carbons (Fsp3) is 0.375. The molecule has 1 aliphatic heterocycles. The van der Waals surface area contributed by atoms with Crippen LogP contribution < -0.4 is 10.6 Å². The highest BCUT2D eigenvalue weighted by atomic mass is 16.6. The maximum Gasteiger partial charge on any atom is 0.408 e. The van der Waals surface area contributed by atoms with Crippen molar-refractivity contribution in [2.75, 3.05) is 19.8 Å². The monoisotopic (exact) mass is 438 g/mol. The van der Waals surface area contributed by atoms with Crippen LogP contribution in [0, 0.1) is 0 Å². The molecule has 0 spiro atoms. The number of rotatable bonds is 7. The molecule has 2 aromatic rings. The first-order valence-electron chi connectivity index (χ1n) is 10.6. The topological polar surface area (TPSA) is 114 Å². The smallest absolute Gasteiger partial charge is 0.408 e. The number of hydrogen-bond acceptors (Lipinski definition) is 5. The summed E-state index contributed by atoms with van der Waals surface area (Å²) in [5.41, 5.74) is 3.17. The van der Waals surface area contributed by atoms with Crippen molar-refractivity contribution in [1.29, 1.82) is 0 Å². The van der Waals surface area contributed by atoms with Crippen LogP contribution in [0.25, 0.3) is 11.1 Å². The number of nitrogens with one attached hydrogen (secondary N) is 2. The van der Waals surface area contributed by atoms with E-state index in [2.05, 4.69) is 22.8 Å². The van der Waals surface area contributed by atoms with Gasteiger partial charge in [-0.2, -0.15) is 0 Å². The first kappa shape index (κ1) is 21.8. The molecule has 8 nitrogen and oxygen atoms in total. The Balaban J connectivity index is 1.43. The highest BCUT2D eigenvalue weighted by Crippen LogP contribution is 2.44. The molecule has 0 radical (unpaired) electrons. The third kappa shape index (κ3) is 4.31. The van der Waals surface area contributed by atoms with Gasteiger partial charge >= 0.3 is 12.1 Å². The molecule has 1 unspecified atom stereocenters. The van der Waals surface area contributed by atoms with Gasteiger partial charge in [-0.3, -0.25) is 9.59 Å². The molecule has 0 bridgehead atoms. The molecular weight excluding hydrogens is 412 g/mol. The maximum absolute atomic E-state index is 12.8. The first-order valence-corrected chi connectivity index (χ1v) is 10.6. The fourth-order valence-corrected chi connectivity index (χ4v) is 4.40. The summed E-state index contributed by atoms with van der Waals surface area (Å²) < 4.78 is 10.9. The number of carboxylic acids is 1. The molecule has 8 heteroatoms. The maximum atomic E-state index is 12.8. The van der Waals surface area contributed by atoms with Crippen LogP contribution in [-0.4, -0.2) is 54.5 Å². The van der Waals surface area contributed by atoms with Crippen LogP contribution >= 0.6 is 0 Å². The van der Waals surface area contributed by atoms with Gasteiger partial charge in [0.05, 0.1) is 13.0 Å². The summed E-state index contributed by atoms with van der Waals surface area (Å²) in [5, 5.41) is 14.2. The molecule has 1 aliphatic carbocycles. The van der Waals surface area contributed by atoms with E-state index in [4.69, 9.17) is 14.6 Å². The van der Waals surface area contributed by atoms with Crippen molar-refractivity contribution in [3.05, 3.63) is 59.7 Å². The van der Waals surface area contributed by atoms with Gasteiger partial charge in [-0.15, -0.1) is 0 Å². The SMILES string of the molecule is C[C@H](CC(=O)O)NC(=O)C1(NC(=O)OCC2c3ccccc3-c3ccccc32)CCOC1. The Hall–Kier alpha value is -3.39. The van der Waals surface area contributed by atoms with Crippen molar-refractivity contribution < 1.29 is 29.0 Å². The van der Waals surface area contributed by atoms with E-state index in [0.29, 0.717) is 6.61 Å². The van der Waals surface area contributed by atoms with Gasteiger partial charge in [0.15, 0.2) is 0 Å². The van der Waals surface area contributed by atoms with Crippen LogP contribution in [0.4, 0.5) is 4.79 Å². The molecule has 3 N–H and O–H groups in total. The van der Waals surface area contributed by atoms with Gasteiger partial charge in [0.25, 0.3) is 0 Å². The Bertz CT molecular complexity index is 985. The summed E-state index contributed by atoms with van der Waals surface area (Å²) in [4.78, 5) is 36.4. The van der Waals surface area contributed by atoms with Crippen molar-refractivity contribution in [3.63, 3.8) is 0 Å². The normalized spacial score (nSPS) is 20.2. The lowest BCUT2D eigenvalue weighted by Crippen LogP contribution is -2.61. The predicted octanol–water partition coefficient (Wildman–Crippen LogP) is 2.66. The number of carbonyl (C=O) groups excluding carboxylic acids is 2. The molecule has 32 heavy (non-hydrogen) atoms. The van der Waals surface area contributed by atoms with Crippen LogP contribution in [0.3, 0.4) is 0 Å². The molecule has 2 amide bonds. The Morgan fingerprint density at radius 2 is 1.75 bits per heavy atom. The van der Waals surface area contributed by atoms with E-state index in [0.717, 1.165) is 22.3 Å². The second kappa shape index (κ2) is 9.00. The molecular formula is C24H26N2O6. The molecule has 0 saturated carbocycles. The zero-order valence-electron chi connectivity index (χ0n) is 17.8. The number of carboxylic acid groups (broad SMARTS) is 1. The van der Waals surface area contributed by atoms with Crippen LogP contribution in [0.5, 0.6) is 0 Å². The van der Waals surface area contributed by atoms with Gasteiger partial charge < -0.3 is 25.2 Å². The Morgan fingerprint density at radius 1 is 1.12 bits per heavy atom. The van der Waals surface area contributed by atoms with Crippen molar-refractivity contribution in [2.24, 2.45) is 0 Å². The highest BCUT2D eigenvalue weighted by molar-refractivity contribution is 5.91. The van der Waals surface area contributed by atoms with Crippen molar-refractivity contribution in [2.45, 2.75) is 37.3 Å². The lowest BCUT2D eigenvalue weighted by molar-refractivity contribution is -0.137. The fourth-order valence-electron chi connectivity index (χ4n) is 4.40. The second-order valence-corrected chi connectivity index (χ2v) is 8.31. The van der Waals surface area contributed by atoms with E-state index >= 15 is 0 Å². The van der Waals surface area contributed by atoms with Crippen LogP contribution in [-0.2, 0) is 19.1 Å². The van der Waals surface area contributed by atoms with E-state index in [-0.39, 0.29) is 32.0 Å². The van der Waals surface area contributed by atoms with Crippen LogP contribution in [0.15, 0.2) is 48.5 Å². The van der Waals surface area contributed by atoms with Crippen molar-refractivity contribution in [1.82, 2.24) is 10.6 Å². The largest absolute Gasteiger partial charge is 0.481 e. The summed E-state index contributed by atoms with van der Waals surface area (Å²) in [5.74, 6) is -1.58. The molecule has 2 aromatic carbocycles. The van der Waals surface area contributed by atoms with E-state index in [1.807, 2.05) is 36.4 Å². The minimum absolute atomic E-state index is 0.00280. The first-order chi connectivity index (χ1) is 15.4. The minimum atomic E-state index is -1.28. The molecule has 1 heterocycles. The third-order valence-electron chi connectivity index (χ3n) is 6.00. The highest BCUT2D eigenvalue weighted by Gasteiger charge is 2.45. The number of alkyl carbamates (subject to hydrolysis) is 1. The molecule has 1 fully saturated rings. The lowest BCUT2D eigenvalue weighted by Gasteiger charge is -2.28. The Kier molecular flexibility index (Phi) is 6.14. The zero-order chi connectivity index (χ0) is 22.7. The predicted molar refractivity (Wildman–Crippen MR) is 116 cm³/mol. The number of ether oxygens (including phenoxy) is 2. The minimum Gasteiger partial charge on any atom is -0.481 e. The van der Waals surface area contributed by atoms with Gasteiger partial charge in [0, 0.05) is 25.0 Å². The quantitative estimate of drug-likeness (QED) is 0.612. The van der Waals surface area contributed by atoms with E-state index < -0.39 is 29.6 Å². The number of amides is 2. The van der Waals surface area contributed by atoms with E-state index in [9.17, 15) is 14.4 Å². The summed E-state index contributed by atoms with van der Waals surface area (Å²) >= 11 is 0. The number of carbonyl (C=O) groups is 3. The van der Waals surface area contributed by atoms with Crippen LogP contribution in [0.2, 0.25) is 0 Å². The summed E-state index contributed by atoms with van der Waals surface area (Å²) in [6, 6.07) is 15.5. The number of hydrogen-bond donors (Lipinski definition) is 3. The Labute approximate surface area is 185 Å². The van der Waals surface area contributed by atoms with E-state index in [1.54, 1.807) is 6.92 Å². The van der Waals surface area contributed by atoms with Gasteiger partial charge in [-0.1, -0.05) is 48.5 Å². The van der Waals surface area contributed by atoms with Crippen molar-refractivity contribution in [3.8, 4) is 11.1 Å². The van der Waals surface area contributed by atoms with Crippen molar-refractivity contribution >= 4 is 18.0 Å². The average Bonchev–Trinajstić information content (AvgIpc) is 3.35. The summed E-state index contributed by atoms with van der Waals surface area (Å²) in [6.07, 6.45) is -0.644. The molecule has 1 saturated heterocycles. The lowest BCUT2D eigenvalue weighted by atomic mass is 9.97. The number of benzene rings is 2. The Morgan fingerprint density at radius 3 is 2.31 bits per heavy atom. The average molecular weight is 438 g/mol.